The molecule has 3 aromatic carbocycles. The van der Waals surface area contributed by atoms with Crippen molar-refractivity contribution in [3.05, 3.63) is 99.7 Å². The Morgan fingerprint density at radius 1 is 1.00 bits per heavy atom. The third kappa shape index (κ3) is 11.7. The van der Waals surface area contributed by atoms with Crippen LogP contribution in [-0.2, 0) is 45.2 Å². The van der Waals surface area contributed by atoms with E-state index in [1.165, 1.54) is 17.9 Å². The fraction of sp³-hybridized carbons (Fsp3) is 0.444. The van der Waals surface area contributed by atoms with Crippen molar-refractivity contribution in [3.8, 4) is 22.8 Å². The summed E-state index contributed by atoms with van der Waals surface area (Å²) >= 11 is 12.4. The number of fused-ring (bicyclic) bond motifs is 2. The SMILES string of the molecule is CCn1c(-c2ccc(Oc3cc(Cl)cc(F)c3CN3C(=O)C[C@@H](CC(F)(F)F)C(=O)N4CCC[C@@](Cc5ccc(Cl)cc5)(C4)NC(=O)[C@H](CO)NC(=O)[C@@H]3C)cc2)cnc1CN(C)C. The van der Waals surface area contributed by atoms with Crippen LogP contribution >= 0.6 is 23.2 Å². The standard InChI is InChI=1S/C45H51Cl2F4N7O6/c1-5-57-37(22-52-39(57)24-55(3)4)29-9-13-33(14-10-29)64-38-19-32(47)18-35(48)34(38)23-58-27(2)41(61)53-36(25-59)42(62)54-44(20-28-7-11-31(46)12-8-28)15-6-16-56(26-44)43(63)30(17-40(58)60)21-45(49,50)51/h7-14,18-19,22,27,30,36,59H,5-6,15-17,20-21,23-26H2,1-4H3,(H,53,61)(H,54,62)/t27-,30-,36-,44+/m0/s1. The molecule has 6 rings (SSSR count). The number of benzene rings is 3. The lowest BCUT2D eigenvalue weighted by atomic mass is 9.82. The number of alkyl halides is 3. The number of rotatable bonds is 12. The number of aliphatic hydroxyl groups excluding tert-OH is 1. The number of carbonyl (C=O) groups excluding carboxylic acids is 4. The zero-order chi connectivity index (χ0) is 46.5. The number of hydrogen-bond donors (Lipinski definition) is 3. The van der Waals surface area contributed by atoms with Crippen molar-refractivity contribution in [1.29, 1.82) is 0 Å². The summed E-state index contributed by atoms with van der Waals surface area (Å²) in [5.41, 5.74) is 0.851. The van der Waals surface area contributed by atoms with Gasteiger partial charge in [-0.1, -0.05) is 35.3 Å². The zero-order valence-electron chi connectivity index (χ0n) is 35.9. The average Bonchev–Trinajstić information content (AvgIpc) is 3.63. The molecular formula is C45H51Cl2F4N7O6. The highest BCUT2D eigenvalue weighted by atomic mass is 35.5. The molecule has 2 aliphatic rings. The van der Waals surface area contributed by atoms with Gasteiger partial charge in [-0.05, 0) is 101 Å². The number of piperidine rings is 1. The van der Waals surface area contributed by atoms with Gasteiger partial charge in [-0.3, -0.25) is 19.2 Å². The molecule has 2 bridgehead atoms. The molecule has 13 nitrogen and oxygen atoms in total. The Balaban J connectivity index is 1.34. The summed E-state index contributed by atoms with van der Waals surface area (Å²) < 4.78 is 67.1. The summed E-state index contributed by atoms with van der Waals surface area (Å²) in [4.78, 5) is 65.2. The third-order valence-electron chi connectivity index (χ3n) is 11.5. The molecule has 64 heavy (non-hydrogen) atoms. The Morgan fingerprint density at radius 3 is 2.34 bits per heavy atom. The van der Waals surface area contributed by atoms with Gasteiger partial charge in [-0.25, -0.2) is 9.37 Å². The van der Waals surface area contributed by atoms with E-state index in [1.807, 2.05) is 25.9 Å². The molecule has 0 spiro atoms. The Morgan fingerprint density at radius 2 is 1.70 bits per heavy atom. The van der Waals surface area contributed by atoms with Crippen molar-refractivity contribution in [1.82, 2.24) is 34.9 Å². The minimum atomic E-state index is -4.89. The van der Waals surface area contributed by atoms with Crippen molar-refractivity contribution in [3.63, 3.8) is 0 Å². The van der Waals surface area contributed by atoms with Crippen LogP contribution in [0, 0.1) is 11.7 Å². The van der Waals surface area contributed by atoms with Crippen LogP contribution < -0.4 is 15.4 Å². The number of amides is 4. The van der Waals surface area contributed by atoms with Crippen LogP contribution in [0.3, 0.4) is 0 Å². The highest BCUT2D eigenvalue weighted by Crippen LogP contribution is 2.36. The van der Waals surface area contributed by atoms with Gasteiger partial charge in [0.15, 0.2) is 0 Å². The summed E-state index contributed by atoms with van der Waals surface area (Å²) in [5, 5.41) is 16.1. The quantitative estimate of drug-likeness (QED) is 0.132. The fourth-order valence-corrected chi connectivity index (χ4v) is 8.68. The minimum absolute atomic E-state index is 0.0390. The molecule has 3 heterocycles. The van der Waals surface area contributed by atoms with Crippen LogP contribution in [0.5, 0.6) is 11.5 Å². The molecule has 1 aromatic heterocycles. The summed E-state index contributed by atoms with van der Waals surface area (Å²) in [5.74, 6) is -5.82. The molecule has 3 N–H and O–H groups in total. The maximum absolute atomic E-state index is 16.1. The predicted molar refractivity (Wildman–Crippen MR) is 232 cm³/mol. The van der Waals surface area contributed by atoms with E-state index in [1.54, 1.807) is 54.7 Å². The maximum atomic E-state index is 16.1. The summed E-state index contributed by atoms with van der Waals surface area (Å²) in [7, 11) is 3.89. The molecule has 2 aliphatic heterocycles. The molecule has 4 amide bonds. The molecule has 2 fully saturated rings. The molecule has 4 atom stereocenters. The summed E-state index contributed by atoms with van der Waals surface area (Å²) in [6.07, 6.45) is -5.08. The van der Waals surface area contributed by atoms with Gasteiger partial charge in [0.2, 0.25) is 23.6 Å². The van der Waals surface area contributed by atoms with Gasteiger partial charge >= 0.3 is 6.18 Å². The molecule has 0 saturated carbocycles. The number of aromatic nitrogens is 2. The summed E-state index contributed by atoms with van der Waals surface area (Å²) in [6, 6.07) is 12.7. The van der Waals surface area contributed by atoms with Gasteiger partial charge in [0, 0.05) is 47.2 Å². The molecule has 19 heteroatoms. The first kappa shape index (κ1) is 48.2. The van der Waals surface area contributed by atoms with Crippen LogP contribution in [0.4, 0.5) is 17.6 Å². The molecule has 0 radical (unpaired) electrons. The lowest BCUT2D eigenvalue weighted by molar-refractivity contribution is -0.164. The molecule has 4 aromatic rings. The first-order valence-electron chi connectivity index (χ1n) is 20.9. The normalized spacial score (nSPS) is 21.5. The smallest absolute Gasteiger partial charge is 0.389 e. The number of carbonyl (C=O) groups is 4. The van der Waals surface area contributed by atoms with E-state index < -0.39 is 85.2 Å². The van der Waals surface area contributed by atoms with Crippen LogP contribution in [0.15, 0.2) is 66.9 Å². The van der Waals surface area contributed by atoms with Crippen molar-refractivity contribution in [2.24, 2.45) is 5.92 Å². The lowest BCUT2D eigenvalue weighted by Gasteiger charge is -2.45. The second kappa shape index (κ2) is 20.3. The van der Waals surface area contributed by atoms with Crippen molar-refractivity contribution in [2.75, 3.05) is 33.8 Å². The first-order chi connectivity index (χ1) is 30.3. The van der Waals surface area contributed by atoms with Gasteiger partial charge in [0.1, 0.15) is 35.2 Å². The van der Waals surface area contributed by atoms with Gasteiger partial charge < -0.3 is 39.7 Å². The largest absolute Gasteiger partial charge is 0.457 e. The highest BCUT2D eigenvalue weighted by molar-refractivity contribution is 6.31. The molecular weight excluding hydrogens is 881 g/mol. The van der Waals surface area contributed by atoms with Crippen molar-refractivity contribution < 1.29 is 46.6 Å². The number of ether oxygens (including phenoxy) is 1. The Hall–Kier alpha value is -5.23. The predicted octanol–water partition coefficient (Wildman–Crippen LogP) is 6.76. The van der Waals surface area contributed by atoms with Crippen LogP contribution in [0.1, 0.15) is 56.5 Å². The minimum Gasteiger partial charge on any atom is -0.457 e. The van der Waals surface area contributed by atoms with Crippen molar-refractivity contribution >= 4 is 46.8 Å². The number of aliphatic hydroxyl groups is 1. The second-order valence-corrected chi connectivity index (χ2v) is 17.5. The van der Waals surface area contributed by atoms with E-state index in [2.05, 4.69) is 20.2 Å². The monoisotopic (exact) mass is 931 g/mol. The third-order valence-corrected chi connectivity index (χ3v) is 12.0. The number of hydrogen-bond acceptors (Lipinski definition) is 8. The highest BCUT2D eigenvalue weighted by Gasteiger charge is 2.45. The van der Waals surface area contributed by atoms with E-state index in [4.69, 9.17) is 27.9 Å². The molecule has 344 valence electrons. The molecule has 2 saturated heterocycles. The topological polar surface area (TPSA) is 149 Å². The Labute approximate surface area is 378 Å². The number of nitrogens with zero attached hydrogens (tertiary/aromatic N) is 5. The lowest BCUT2D eigenvalue weighted by Crippen LogP contribution is -2.65. The van der Waals surface area contributed by atoms with Crippen molar-refractivity contribution in [2.45, 2.75) is 89.4 Å². The van der Waals surface area contributed by atoms with E-state index in [-0.39, 0.29) is 48.0 Å². The van der Waals surface area contributed by atoms with Crippen LogP contribution in [0.2, 0.25) is 10.0 Å². The molecule has 0 unspecified atom stereocenters. The van der Waals surface area contributed by atoms with Gasteiger partial charge in [0.05, 0.1) is 49.5 Å². The number of nitrogens with one attached hydrogen (secondary N) is 2. The van der Waals surface area contributed by atoms with E-state index in [0.29, 0.717) is 30.1 Å². The number of imidazole rings is 1. The van der Waals surface area contributed by atoms with Gasteiger partial charge in [0.25, 0.3) is 0 Å². The zero-order valence-corrected chi connectivity index (χ0v) is 37.4. The molecule has 0 aliphatic carbocycles. The maximum Gasteiger partial charge on any atom is 0.389 e. The average molecular weight is 933 g/mol. The van der Waals surface area contributed by atoms with E-state index in [9.17, 15) is 37.5 Å². The van der Waals surface area contributed by atoms with Gasteiger partial charge in [-0.15, -0.1) is 0 Å². The Kier molecular flexibility index (Phi) is 15.3. The second-order valence-electron chi connectivity index (χ2n) is 16.6. The fourth-order valence-electron chi connectivity index (χ4n) is 8.36. The van der Waals surface area contributed by atoms with E-state index in [0.717, 1.165) is 28.0 Å². The Bertz CT molecular complexity index is 2330. The van der Waals surface area contributed by atoms with Crippen LogP contribution in [-0.4, -0.2) is 111 Å². The van der Waals surface area contributed by atoms with E-state index >= 15 is 4.39 Å². The summed E-state index contributed by atoms with van der Waals surface area (Å²) in [6.45, 7) is 2.74. The van der Waals surface area contributed by atoms with Crippen LogP contribution in [0.25, 0.3) is 11.3 Å². The number of halogens is 6. The van der Waals surface area contributed by atoms with Gasteiger partial charge in [-0.2, -0.15) is 13.2 Å². The first-order valence-corrected chi connectivity index (χ1v) is 21.6.